The van der Waals surface area contributed by atoms with Gasteiger partial charge in [-0.15, -0.1) is 0 Å². The van der Waals surface area contributed by atoms with E-state index in [9.17, 15) is 19.7 Å². The molecule has 0 saturated heterocycles. The Morgan fingerprint density at radius 1 is 1.26 bits per heavy atom. The van der Waals surface area contributed by atoms with Crippen LogP contribution in [0.25, 0.3) is 6.08 Å². The predicted molar refractivity (Wildman–Crippen MR) is 96.5 cm³/mol. The van der Waals surface area contributed by atoms with Crippen LogP contribution in [-0.4, -0.2) is 29.9 Å². The maximum Gasteiger partial charge on any atom is 0.363 e. The highest BCUT2D eigenvalue weighted by molar-refractivity contribution is 6.34. The fraction of sp³-hybridized carbons (Fsp3) is 0.0556. The molecule has 2 aromatic rings. The van der Waals surface area contributed by atoms with Crippen LogP contribution in [0.4, 0.5) is 5.69 Å². The molecule has 27 heavy (non-hydrogen) atoms. The Hall–Kier alpha value is -3.52. The normalized spacial score (nSPS) is 14.7. The average molecular weight is 387 g/mol. The zero-order chi connectivity index (χ0) is 19.6. The number of non-ortho nitro benzene ring substituents is 1. The average Bonchev–Trinajstić information content (AvgIpc) is 3.02. The van der Waals surface area contributed by atoms with Gasteiger partial charge in [0.25, 0.3) is 5.69 Å². The molecule has 1 aliphatic rings. The van der Waals surface area contributed by atoms with Gasteiger partial charge in [-0.3, -0.25) is 10.1 Å². The molecule has 0 N–H and O–H groups in total. The van der Waals surface area contributed by atoms with Crippen molar-refractivity contribution in [1.29, 1.82) is 0 Å². The van der Waals surface area contributed by atoms with Gasteiger partial charge in [0.1, 0.15) is 0 Å². The van der Waals surface area contributed by atoms with Crippen LogP contribution in [-0.2, 0) is 14.3 Å². The number of ether oxygens (including phenoxy) is 2. The molecule has 0 radical (unpaired) electrons. The van der Waals surface area contributed by atoms with Crippen LogP contribution in [0.5, 0.6) is 0 Å². The van der Waals surface area contributed by atoms with E-state index in [4.69, 9.17) is 16.3 Å². The number of rotatable bonds is 4. The number of nitro groups is 1. The van der Waals surface area contributed by atoms with Crippen molar-refractivity contribution in [2.75, 3.05) is 7.11 Å². The first kappa shape index (κ1) is 18.3. The summed E-state index contributed by atoms with van der Waals surface area (Å²) in [4.78, 5) is 37.9. The highest BCUT2D eigenvalue weighted by atomic mass is 35.5. The maximum atomic E-state index is 12.1. The molecule has 0 spiro atoms. The lowest BCUT2D eigenvalue weighted by Gasteiger charge is -2.02. The Morgan fingerprint density at radius 3 is 2.59 bits per heavy atom. The Balaban J connectivity index is 1.92. The van der Waals surface area contributed by atoms with Crippen LogP contribution < -0.4 is 0 Å². The summed E-state index contributed by atoms with van der Waals surface area (Å²) in [6, 6.07) is 10.1. The number of hydrogen-bond acceptors (Lipinski definition) is 7. The summed E-state index contributed by atoms with van der Waals surface area (Å²) >= 11 is 6.04. The second-order valence-electron chi connectivity index (χ2n) is 5.37. The molecule has 0 bridgehead atoms. The van der Waals surface area contributed by atoms with Gasteiger partial charge in [-0.25, -0.2) is 14.6 Å². The molecular formula is C18H11ClN2O6. The van der Waals surface area contributed by atoms with E-state index in [2.05, 4.69) is 9.73 Å². The van der Waals surface area contributed by atoms with E-state index >= 15 is 0 Å². The molecule has 1 aliphatic heterocycles. The van der Waals surface area contributed by atoms with Crippen LogP contribution in [0.15, 0.2) is 53.2 Å². The molecule has 3 rings (SSSR count). The van der Waals surface area contributed by atoms with Gasteiger partial charge in [0.2, 0.25) is 5.90 Å². The molecular weight excluding hydrogens is 376 g/mol. The van der Waals surface area contributed by atoms with Crippen molar-refractivity contribution in [1.82, 2.24) is 0 Å². The second-order valence-corrected chi connectivity index (χ2v) is 5.78. The first-order chi connectivity index (χ1) is 12.9. The lowest BCUT2D eigenvalue weighted by Crippen LogP contribution is -2.06. The summed E-state index contributed by atoms with van der Waals surface area (Å²) in [5.74, 6) is -1.31. The molecule has 1 heterocycles. The Kier molecular flexibility index (Phi) is 5.00. The third-order valence-electron chi connectivity index (χ3n) is 3.65. The summed E-state index contributed by atoms with van der Waals surface area (Å²) in [5, 5.41) is 11.1. The highest BCUT2D eigenvalue weighted by Crippen LogP contribution is 2.27. The fourth-order valence-electron chi connectivity index (χ4n) is 2.31. The van der Waals surface area contributed by atoms with Crippen molar-refractivity contribution in [3.63, 3.8) is 0 Å². The number of esters is 2. The lowest BCUT2D eigenvalue weighted by molar-refractivity contribution is -0.384. The smallest absolute Gasteiger partial charge is 0.363 e. The van der Waals surface area contributed by atoms with E-state index < -0.39 is 16.9 Å². The number of nitro benzene ring substituents is 1. The molecule has 2 aromatic carbocycles. The van der Waals surface area contributed by atoms with E-state index in [1.807, 2.05) is 0 Å². The van der Waals surface area contributed by atoms with Crippen molar-refractivity contribution in [3.05, 3.63) is 80.0 Å². The van der Waals surface area contributed by atoms with Gasteiger partial charge in [0.05, 0.1) is 28.2 Å². The third-order valence-corrected chi connectivity index (χ3v) is 3.98. The number of hydrogen-bond donors (Lipinski definition) is 0. The lowest BCUT2D eigenvalue weighted by atomic mass is 10.1. The predicted octanol–water partition coefficient (Wildman–Crippen LogP) is 3.38. The van der Waals surface area contributed by atoms with E-state index in [1.165, 1.54) is 31.4 Å². The molecule has 9 heteroatoms. The largest absolute Gasteiger partial charge is 0.465 e. The van der Waals surface area contributed by atoms with Crippen LogP contribution >= 0.6 is 11.6 Å². The van der Waals surface area contributed by atoms with Crippen LogP contribution in [0.1, 0.15) is 21.5 Å². The van der Waals surface area contributed by atoms with E-state index in [0.717, 1.165) is 0 Å². The summed E-state index contributed by atoms with van der Waals surface area (Å²) in [5.41, 5.74) is 0.900. The minimum Gasteiger partial charge on any atom is -0.465 e. The number of nitrogens with zero attached hydrogens (tertiary/aromatic N) is 2. The molecule has 0 saturated carbocycles. The number of cyclic esters (lactones) is 1. The summed E-state index contributed by atoms with van der Waals surface area (Å²) in [7, 11) is 1.28. The molecule has 0 unspecified atom stereocenters. The van der Waals surface area contributed by atoms with Gasteiger partial charge in [-0.05, 0) is 29.8 Å². The van der Waals surface area contributed by atoms with Crippen molar-refractivity contribution >= 4 is 41.2 Å². The van der Waals surface area contributed by atoms with Crippen LogP contribution in [0, 0.1) is 10.1 Å². The second kappa shape index (κ2) is 7.38. The number of benzene rings is 2. The van der Waals surface area contributed by atoms with Crippen molar-refractivity contribution < 1.29 is 24.0 Å². The van der Waals surface area contributed by atoms with Crippen LogP contribution in [0.3, 0.4) is 0 Å². The monoisotopic (exact) mass is 386 g/mol. The molecule has 0 amide bonds. The molecule has 0 fully saturated rings. The first-order valence-electron chi connectivity index (χ1n) is 7.54. The maximum absolute atomic E-state index is 12.1. The first-order valence-corrected chi connectivity index (χ1v) is 7.92. The Morgan fingerprint density at radius 2 is 1.96 bits per heavy atom. The zero-order valence-electron chi connectivity index (χ0n) is 13.8. The number of carbonyl (C=O) groups excluding carboxylic acids is 2. The Bertz CT molecular complexity index is 1010. The van der Waals surface area contributed by atoms with Gasteiger partial charge in [0, 0.05) is 12.1 Å². The molecule has 0 atom stereocenters. The molecule has 0 aromatic heterocycles. The third kappa shape index (κ3) is 3.85. The van der Waals surface area contributed by atoms with Gasteiger partial charge in [-0.1, -0.05) is 23.7 Å². The van der Waals surface area contributed by atoms with E-state index in [1.54, 1.807) is 24.3 Å². The number of methoxy groups -OCH3 is 1. The topological polar surface area (TPSA) is 108 Å². The minimum absolute atomic E-state index is 0.00149. The van der Waals surface area contributed by atoms with E-state index in [-0.39, 0.29) is 27.9 Å². The summed E-state index contributed by atoms with van der Waals surface area (Å²) < 4.78 is 9.71. The van der Waals surface area contributed by atoms with Crippen molar-refractivity contribution in [2.24, 2.45) is 4.99 Å². The van der Waals surface area contributed by atoms with Crippen molar-refractivity contribution in [2.45, 2.75) is 0 Å². The van der Waals surface area contributed by atoms with Crippen molar-refractivity contribution in [3.8, 4) is 0 Å². The van der Waals surface area contributed by atoms with Gasteiger partial charge in [-0.2, -0.15) is 0 Å². The molecule has 136 valence electrons. The number of halogens is 1. The van der Waals surface area contributed by atoms with E-state index in [0.29, 0.717) is 11.1 Å². The quantitative estimate of drug-likeness (QED) is 0.345. The van der Waals surface area contributed by atoms with Crippen LogP contribution in [0.2, 0.25) is 5.02 Å². The zero-order valence-corrected chi connectivity index (χ0v) is 14.6. The summed E-state index contributed by atoms with van der Waals surface area (Å²) in [6.07, 6.45) is 1.46. The van der Waals surface area contributed by atoms with Gasteiger partial charge >= 0.3 is 11.9 Å². The SMILES string of the molecule is COC(=O)c1ccc(/C=C2\N=C(c3cc([N+](=O)[O-])ccc3Cl)OC2=O)cc1. The number of carbonyl (C=O) groups is 2. The van der Waals surface area contributed by atoms with Gasteiger partial charge < -0.3 is 9.47 Å². The number of aliphatic imine (C=N–C) groups is 1. The Labute approximate surface area is 157 Å². The fourth-order valence-corrected chi connectivity index (χ4v) is 2.50. The minimum atomic E-state index is -0.718. The standard InChI is InChI=1S/C18H11ClN2O6/c1-26-17(22)11-4-2-10(3-5-11)8-15-18(23)27-16(20-15)13-9-12(21(24)25)6-7-14(13)19/h2-9H,1H3/b15-8-. The summed E-state index contributed by atoms with van der Waals surface area (Å²) in [6.45, 7) is 0. The molecule has 0 aliphatic carbocycles. The highest BCUT2D eigenvalue weighted by Gasteiger charge is 2.27. The molecule has 8 nitrogen and oxygen atoms in total. The van der Waals surface area contributed by atoms with Gasteiger partial charge in [0.15, 0.2) is 5.70 Å².